The molecule has 2 rings (SSSR count). The molecular weight excluding hydrogens is 310 g/mol. The number of carbonyl (C=O) groups excluding carboxylic acids is 2. The molecule has 0 atom stereocenters. The van der Waals surface area contributed by atoms with Crippen LogP contribution in [-0.2, 0) is 9.59 Å². The summed E-state index contributed by atoms with van der Waals surface area (Å²) in [6, 6.07) is 5.46. The van der Waals surface area contributed by atoms with Crippen LogP contribution in [0.4, 0.5) is 5.69 Å². The van der Waals surface area contributed by atoms with Gasteiger partial charge in [-0.3, -0.25) is 9.59 Å². The molecule has 0 bridgehead atoms. The quantitative estimate of drug-likeness (QED) is 0.928. The van der Waals surface area contributed by atoms with Crippen molar-refractivity contribution in [1.82, 2.24) is 0 Å². The summed E-state index contributed by atoms with van der Waals surface area (Å²) in [6.07, 6.45) is 2.30. The van der Waals surface area contributed by atoms with Crippen molar-refractivity contribution in [2.75, 3.05) is 12.4 Å². The van der Waals surface area contributed by atoms with E-state index in [4.69, 9.17) is 4.74 Å². The first-order chi connectivity index (χ1) is 9.10. The second kappa shape index (κ2) is 6.19. The van der Waals surface area contributed by atoms with E-state index in [0.29, 0.717) is 37.1 Å². The van der Waals surface area contributed by atoms with E-state index in [2.05, 4.69) is 21.2 Å². The van der Waals surface area contributed by atoms with Gasteiger partial charge in [-0.2, -0.15) is 0 Å². The van der Waals surface area contributed by atoms with Crippen LogP contribution >= 0.6 is 15.9 Å². The highest BCUT2D eigenvalue weighted by Gasteiger charge is 2.25. The van der Waals surface area contributed by atoms with Crippen molar-refractivity contribution in [1.29, 1.82) is 0 Å². The number of rotatable bonds is 3. The van der Waals surface area contributed by atoms with Crippen molar-refractivity contribution in [2.45, 2.75) is 25.7 Å². The zero-order valence-corrected chi connectivity index (χ0v) is 12.3. The third-order valence-corrected chi connectivity index (χ3v) is 3.83. The van der Waals surface area contributed by atoms with Crippen LogP contribution in [0.25, 0.3) is 0 Å². The Morgan fingerprint density at radius 3 is 2.68 bits per heavy atom. The molecule has 1 fully saturated rings. The molecule has 0 radical (unpaired) electrons. The lowest BCUT2D eigenvalue weighted by Crippen LogP contribution is -2.27. The molecule has 102 valence electrons. The lowest BCUT2D eigenvalue weighted by atomic mass is 9.88. The molecule has 4 nitrogen and oxygen atoms in total. The lowest BCUT2D eigenvalue weighted by Gasteiger charge is -2.20. The molecule has 0 saturated heterocycles. The van der Waals surface area contributed by atoms with E-state index in [-0.39, 0.29) is 17.6 Å². The second-order valence-corrected chi connectivity index (χ2v) is 5.56. The molecule has 19 heavy (non-hydrogen) atoms. The fourth-order valence-electron chi connectivity index (χ4n) is 2.21. The van der Waals surface area contributed by atoms with Gasteiger partial charge < -0.3 is 10.1 Å². The molecular formula is C14H16BrNO3. The number of Topliss-reactive ketones (excluding diaryl/α,β-unsaturated/α-hetero) is 1. The highest BCUT2D eigenvalue weighted by atomic mass is 79.9. The molecule has 0 aromatic heterocycles. The van der Waals surface area contributed by atoms with Gasteiger partial charge in [0.1, 0.15) is 11.5 Å². The van der Waals surface area contributed by atoms with E-state index in [9.17, 15) is 9.59 Å². The third-order valence-electron chi connectivity index (χ3n) is 3.33. The molecule has 0 heterocycles. The molecule has 0 unspecified atom stereocenters. The Labute approximate surface area is 120 Å². The zero-order chi connectivity index (χ0) is 13.8. The number of amides is 1. The van der Waals surface area contributed by atoms with Gasteiger partial charge >= 0.3 is 0 Å². The van der Waals surface area contributed by atoms with Gasteiger partial charge in [-0.05, 0) is 31.0 Å². The SMILES string of the molecule is COc1ccc(Br)cc1NC(=O)C1CCC(=O)CC1. The number of halogens is 1. The normalized spacial score (nSPS) is 16.2. The lowest BCUT2D eigenvalue weighted by molar-refractivity contribution is -0.125. The second-order valence-electron chi connectivity index (χ2n) is 4.65. The third kappa shape index (κ3) is 3.56. The molecule has 1 saturated carbocycles. The largest absolute Gasteiger partial charge is 0.495 e. The van der Waals surface area contributed by atoms with E-state index in [0.717, 1.165) is 4.47 Å². The van der Waals surface area contributed by atoms with E-state index in [1.807, 2.05) is 12.1 Å². The number of nitrogens with one attached hydrogen (secondary N) is 1. The van der Waals surface area contributed by atoms with E-state index in [1.165, 1.54) is 0 Å². The fraction of sp³-hybridized carbons (Fsp3) is 0.429. The van der Waals surface area contributed by atoms with E-state index < -0.39 is 0 Å². The van der Waals surface area contributed by atoms with Crippen molar-refractivity contribution in [3.63, 3.8) is 0 Å². The van der Waals surface area contributed by atoms with Crippen LogP contribution < -0.4 is 10.1 Å². The Morgan fingerprint density at radius 1 is 1.37 bits per heavy atom. The van der Waals surface area contributed by atoms with Crippen LogP contribution in [-0.4, -0.2) is 18.8 Å². The molecule has 1 amide bonds. The van der Waals surface area contributed by atoms with Gasteiger partial charge in [-0.25, -0.2) is 0 Å². The minimum absolute atomic E-state index is 0.0381. The monoisotopic (exact) mass is 325 g/mol. The van der Waals surface area contributed by atoms with Crippen molar-refractivity contribution in [3.8, 4) is 5.75 Å². The molecule has 0 aliphatic heterocycles. The zero-order valence-electron chi connectivity index (χ0n) is 10.7. The highest BCUT2D eigenvalue weighted by molar-refractivity contribution is 9.10. The summed E-state index contributed by atoms with van der Waals surface area (Å²) in [5.41, 5.74) is 0.652. The van der Waals surface area contributed by atoms with E-state index in [1.54, 1.807) is 13.2 Å². The maximum absolute atomic E-state index is 12.2. The molecule has 0 spiro atoms. The van der Waals surface area contributed by atoms with Crippen molar-refractivity contribution < 1.29 is 14.3 Å². The van der Waals surface area contributed by atoms with Crippen LogP contribution in [0.2, 0.25) is 0 Å². The summed E-state index contributed by atoms with van der Waals surface area (Å²) in [7, 11) is 1.57. The molecule has 1 aliphatic rings. The Morgan fingerprint density at radius 2 is 2.05 bits per heavy atom. The van der Waals surface area contributed by atoms with Crippen molar-refractivity contribution >= 4 is 33.3 Å². The van der Waals surface area contributed by atoms with Crippen LogP contribution in [0.1, 0.15) is 25.7 Å². The van der Waals surface area contributed by atoms with Gasteiger partial charge in [0.15, 0.2) is 0 Å². The molecule has 5 heteroatoms. The Bertz CT molecular complexity index is 491. The van der Waals surface area contributed by atoms with Crippen LogP contribution in [0.15, 0.2) is 22.7 Å². The number of ketones is 1. The molecule has 1 aliphatic carbocycles. The Kier molecular flexibility index (Phi) is 4.58. The summed E-state index contributed by atoms with van der Waals surface area (Å²) in [5, 5.41) is 2.88. The van der Waals surface area contributed by atoms with Gasteiger partial charge in [0.25, 0.3) is 0 Å². The summed E-state index contributed by atoms with van der Waals surface area (Å²) in [5.74, 6) is 0.762. The summed E-state index contributed by atoms with van der Waals surface area (Å²) in [4.78, 5) is 23.3. The maximum Gasteiger partial charge on any atom is 0.227 e. The predicted molar refractivity (Wildman–Crippen MR) is 76.3 cm³/mol. The summed E-state index contributed by atoms with van der Waals surface area (Å²) >= 11 is 3.37. The smallest absolute Gasteiger partial charge is 0.227 e. The van der Waals surface area contributed by atoms with Crippen LogP contribution in [0.5, 0.6) is 5.75 Å². The Balaban J connectivity index is 2.06. The molecule has 1 aromatic rings. The van der Waals surface area contributed by atoms with Gasteiger partial charge in [-0.1, -0.05) is 15.9 Å². The average molecular weight is 326 g/mol. The molecule has 1 aromatic carbocycles. The van der Waals surface area contributed by atoms with Crippen LogP contribution in [0, 0.1) is 5.92 Å². The van der Waals surface area contributed by atoms with Gasteiger partial charge in [0, 0.05) is 23.2 Å². The average Bonchev–Trinajstić information content (AvgIpc) is 2.39. The summed E-state index contributed by atoms with van der Waals surface area (Å²) < 4.78 is 6.09. The van der Waals surface area contributed by atoms with Crippen molar-refractivity contribution in [2.24, 2.45) is 5.92 Å². The number of methoxy groups -OCH3 is 1. The van der Waals surface area contributed by atoms with E-state index >= 15 is 0 Å². The van der Waals surface area contributed by atoms with Gasteiger partial charge in [-0.15, -0.1) is 0 Å². The van der Waals surface area contributed by atoms with Crippen LogP contribution in [0.3, 0.4) is 0 Å². The number of hydrogen-bond donors (Lipinski definition) is 1. The number of ether oxygens (including phenoxy) is 1. The first kappa shape index (κ1) is 14.1. The van der Waals surface area contributed by atoms with Crippen molar-refractivity contribution in [3.05, 3.63) is 22.7 Å². The number of anilines is 1. The standard InChI is InChI=1S/C14H16BrNO3/c1-19-13-7-4-10(15)8-12(13)16-14(18)9-2-5-11(17)6-3-9/h4,7-9H,2-3,5-6H2,1H3,(H,16,18). The predicted octanol–water partition coefficient (Wildman–Crippen LogP) is 3.16. The minimum atomic E-state index is -0.0820. The first-order valence-corrected chi connectivity index (χ1v) is 7.05. The Hall–Kier alpha value is -1.36. The number of hydrogen-bond acceptors (Lipinski definition) is 3. The molecule has 1 N–H and O–H groups in total. The minimum Gasteiger partial charge on any atom is -0.495 e. The van der Waals surface area contributed by atoms with Gasteiger partial charge in [0.2, 0.25) is 5.91 Å². The highest BCUT2D eigenvalue weighted by Crippen LogP contribution is 2.30. The maximum atomic E-state index is 12.2. The topological polar surface area (TPSA) is 55.4 Å². The van der Waals surface area contributed by atoms with Gasteiger partial charge in [0.05, 0.1) is 12.8 Å². The summed E-state index contributed by atoms with van der Waals surface area (Å²) in [6.45, 7) is 0. The first-order valence-electron chi connectivity index (χ1n) is 6.26. The number of benzene rings is 1. The number of carbonyl (C=O) groups is 2. The fourth-order valence-corrected chi connectivity index (χ4v) is 2.58.